The van der Waals surface area contributed by atoms with Gasteiger partial charge in [-0.2, -0.15) is 4.98 Å². The van der Waals surface area contributed by atoms with E-state index in [4.69, 9.17) is 4.52 Å². The van der Waals surface area contributed by atoms with Crippen LogP contribution in [-0.2, 0) is 17.8 Å². The third-order valence-corrected chi connectivity index (χ3v) is 5.11. The zero-order valence-corrected chi connectivity index (χ0v) is 15.9. The van der Waals surface area contributed by atoms with Crippen molar-refractivity contribution in [1.82, 2.24) is 19.9 Å². The first kappa shape index (κ1) is 18.6. The Labute approximate surface area is 155 Å². The lowest BCUT2D eigenvalue weighted by Gasteiger charge is -2.26. The van der Waals surface area contributed by atoms with E-state index in [1.54, 1.807) is 6.92 Å². The number of hydrogen-bond acceptors (Lipinski definition) is 5. The summed E-state index contributed by atoms with van der Waals surface area (Å²) in [6.07, 6.45) is 3.58. The standard InChI is InChI=1S/C20H28N4O2/c1-15-6-8-17(9-7-15)13-20(25)24-11-4-5-18(10-12-24)23(3)14-19-21-16(2)26-22-19/h6-9,18H,4-5,10-14H2,1-3H3/t18-/m1/s1. The normalized spacial score (nSPS) is 18.2. The van der Waals surface area contributed by atoms with Crippen LogP contribution in [0.25, 0.3) is 0 Å². The molecule has 1 fully saturated rings. The Hall–Kier alpha value is -2.21. The molecule has 0 bridgehead atoms. The number of aromatic nitrogens is 2. The molecule has 1 aromatic heterocycles. The molecule has 2 aromatic rings. The summed E-state index contributed by atoms with van der Waals surface area (Å²) < 4.78 is 5.05. The molecule has 0 spiro atoms. The maximum absolute atomic E-state index is 12.7. The third-order valence-electron chi connectivity index (χ3n) is 5.11. The first-order valence-corrected chi connectivity index (χ1v) is 9.34. The highest BCUT2D eigenvalue weighted by atomic mass is 16.5. The molecular weight excluding hydrogens is 328 g/mol. The molecule has 3 rings (SSSR count). The molecule has 0 N–H and O–H groups in total. The van der Waals surface area contributed by atoms with Gasteiger partial charge in [0.15, 0.2) is 5.82 Å². The lowest BCUT2D eigenvalue weighted by Crippen LogP contribution is -2.35. The SMILES string of the molecule is Cc1ccc(CC(=O)N2CCC[C@@H](N(C)Cc3noc(C)n3)CC2)cc1. The highest BCUT2D eigenvalue weighted by Gasteiger charge is 2.24. The van der Waals surface area contributed by atoms with Crippen LogP contribution in [0.1, 0.15) is 42.1 Å². The molecule has 1 aliphatic heterocycles. The van der Waals surface area contributed by atoms with Gasteiger partial charge in [-0.3, -0.25) is 9.69 Å². The quantitative estimate of drug-likeness (QED) is 0.824. The number of likely N-dealkylation sites (tertiary alicyclic amines) is 1. The number of aryl methyl sites for hydroxylation is 2. The summed E-state index contributed by atoms with van der Waals surface area (Å²) in [6, 6.07) is 8.67. The Bertz CT molecular complexity index is 726. The molecule has 1 amide bonds. The molecule has 1 atom stereocenters. The Balaban J connectivity index is 1.52. The number of carbonyl (C=O) groups is 1. The van der Waals surface area contributed by atoms with Gasteiger partial charge in [0, 0.05) is 26.1 Å². The largest absolute Gasteiger partial charge is 0.342 e. The fourth-order valence-electron chi connectivity index (χ4n) is 3.52. The van der Waals surface area contributed by atoms with Crippen LogP contribution in [0.3, 0.4) is 0 Å². The van der Waals surface area contributed by atoms with E-state index in [1.807, 2.05) is 4.90 Å². The minimum atomic E-state index is 0.228. The number of rotatable bonds is 5. The highest BCUT2D eigenvalue weighted by molar-refractivity contribution is 5.78. The number of carbonyl (C=O) groups excluding carboxylic acids is 1. The van der Waals surface area contributed by atoms with Crippen LogP contribution in [0.5, 0.6) is 0 Å². The predicted octanol–water partition coefficient (Wildman–Crippen LogP) is 2.74. The Morgan fingerprint density at radius 1 is 1.23 bits per heavy atom. The molecule has 0 saturated carbocycles. The van der Waals surface area contributed by atoms with Crippen LogP contribution < -0.4 is 0 Å². The minimum Gasteiger partial charge on any atom is -0.342 e. The summed E-state index contributed by atoms with van der Waals surface area (Å²) in [6.45, 7) is 6.20. The average Bonchev–Trinajstić information content (AvgIpc) is 2.87. The van der Waals surface area contributed by atoms with Gasteiger partial charge in [0.25, 0.3) is 0 Å². The summed E-state index contributed by atoms with van der Waals surface area (Å²) >= 11 is 0. The predicted molar refractivity (Wildman–Crippen MR) is 99.6 cm³/mol. The molecule has 6 heteroatoms. The number of nitrogens with zero attached hydrogens (tertiary/aromatic N) is 4. The minimum absolute atomic E-state index is 0.228. The molecule has 1 aromatic carbocycles. The van der Waals surface area contributed by atoms with E-state index >= 15 is 0 Å². The molecule has 1 saturated heterocycles. The van der Waals surface area contributed by atoms with Crippen molar-refractivity contribution in [3.05, 3.63) is 47.1 Å². The number of amides is 1. The topological polar surface area (TPSA) is 62.5 Å². The molecule has 0 aliphatic carbocycles. The van der Waals surface area contributed by atoms with E-state index in [0.717, 1.165) is 43.7 Å². The fraction of sp³-hybridized carbons (Fsp3) is 0.550. The average molecular weight is 356 g/mol. The summed E-state index contributed by atoms with van der Waals surface area (Å²) in [5.41, 5.74) is 2.31. The molecule has 0 unspecified atom stereocenters. The maximum Gasteiger partial charge on any atom is 0.226 e. The fourth-order valence-corrected chi connectivity index (χ4v) is 3.52. The number of benzene rings is 1. The molecule has 1 aliphatic rings. The first-order valence-electron chi connectivity index (χ1n) is 9.34. The van der Waals surface area contributed by atoms with Crippen LogP contribution in [0.2, 0.25) is 0 Å². The van der Waals surface area contributed by atoms with Gasteiger partial charge in [0.1, 0.15) is 0 Å². The van der Waals surface area contributed by atoms with Gasteiger partial charge in [0.2, 0.25) is 11.8 Å². The maximum atomic E-state index is 12.7. The first-order chi connectivity index (χ1) is 12.5. The van der Waals surface area contributed by atoms with E-state index < -0.39 is 0 Å². The van der Waals surface area contributed by atoms with Crippen molar-refractivity contribution in [2.75, 3.05) is 20.1 Å². The van der Waals surface area contributed by atoms with Crippen molar-refractivity contribution in [1.29, 1.82) is 0 Å². The van der Waals surface area contributed by atoms with Crippen LogP contribution in [0.4, 0.5) is 0 Å². The zero-order chi connectivity index (χ0) is 18.5. The van der Waals surface area contributed by atoms with Crippen molar-refractivity contribution >= 4 is 5.91 Å². The lowest BCUT2D eigenvalue weighted by atomic mass is 10.1. The summed E-state index contributed by atoms with van der Waals surface area (Å²) in [5.74, 6) is 1.55. The van der Waals surface area contributed by atoms with Crippen molar-refractivity contribution in [2.24, 2.45) is 0 Å². The molecule has 26 heavy (non-hydrogen) atoms. The van der Waals surface area contributed by atoms with Crippen LogP contribution in [0.15, 0.2) is 28.8 Å². The van der Waals surface area contributed by atoms with Gasteiger partial charge in [-0.1, -0.05) is 35.0 Å². The highest BCUT2D eigenvalue weighted by Crippen LogP contribution is 2.18. The van der Waals surface area contributed by atoms with Crippen LogP contribution in [0, 0.1) is 13.8 Å². The van der Waals surface area contributed by atoms with Gasteiger partial charge in [-0.05, 0) is 38.8 Å². The zero-order valence-electron chi connectivity index (χ0n) is 15.9. The van der Waals surface area contributed by atoms with Crippen molar-refractivity contribution in [3.63, 3.8) is 0 Å². The Morgan fingerprint density at radius 2 is 2.00 bits per heavy atom. The van der Waals surface area contributed by atoms with Gasteiger partial charge in [0.05, 0.1) is 13.0 Å². The van der Waals surface area contributed by atoms with Crippen LogP contribution >= 0.6 is 0 Å². The molecule has 140 valence electrons. The van der Waals surface area contributed by atoms with Crippen LogP contribution in [-0.4, -0.2) is 52.0 Å². The molecule has 2 heterocycles. The summed E-state index contributed by atoms with van der Waals surface area (Å²) in [7, 11) is 2.10. The van der Waals surface area contributed by atoms with Crippen molar-refractivity contribution < 1.29 is 9.32 Å². The van der Waals surface area contributed by atoms with E-state index in [9.17, 15) is 4.79 Å². The van der Waals surface area contributed by atoms with Gasteiger partial charge < -0.3 is 9.42 Å². The summed E-state index contributed by atoms with van der Waals surface area (Å²) in [5, 5.41) is 3.98. The second kappa shape index (κ2) is 8.45. The van der Waals surface area contributed by atoms with Crippen molar-refractivity contribution in [2.45, 2.75) is 52.1 Å². The summed E-state index contributed by atoms with van der Waals surface area (Å²) in [4.78, 5) is 21.2. The smallest absolute Gasteiger partial charge is 0.226 e. The lowest BCUT2D eigenvalue weighted by molar-refractivity contribution is -0.130. The second-order valence-electron chi connectivity index (χ2n) is 7.27. The van der Waals surface area contributed by atoms with E-state index in [0.29, 0.717) is 24.9 Å². The van der Waals surface area contributed by atoms with E-state index in [2.05, 4.69) is 53.3 Å². The molecule has 6 nitrogen and oxygen atoms in total. The molecular formula is C20H28N4O2. The van der Waals surface area contributed by atoms with Gasteiger partial charge >= 0.3 is 0 Å². The Morgan fingerprint density at radius 3 is 2.69 bits per heavy atom. The third kappa shape index (κ3) is 4.91. The Kier molecular flexibility index (Phi) is 6.04. The van der Waals surface area contributed by atoms with Gasteiger partial charge in [-0.25, -0.2) is 0 Å². The van der Waals surface area contributed by atoms with Crippen molar-refractivity contribution in [3.8, 4) is 0 Å². The molecule has 0 radical (unpaired) electrons. The van der Waals surface area contributed by atoms with E-state index in [1.165, 1.54) is 5.56 Å². The second-order valence-corrected chi connectivity index (χ2v) is 7.27. The monoisotopic (exact) mass is 356 g/mol. The van der Waals surface area contributed by atoms with Gasteiger partial charge in [-0.15, -0.1) is 0 Å². The number of hydrogen-bond donors (Lipinski definition) is 0. The van der Waals surface area contributed by atoms with E-state index in [-0.39, 0.29) is 5.91 Å².